The molecule has 0 aliphatic heterocycles. The summed E-state index contributed by atoms with van der Waals surface area (Å²) in [6.07, 6.45) is 3.53. The lowest BCUT2D eigenvalue weighted by molar-refractivity contribution is -0.121. The predicted octanol–water partition coefficient (Wildman–Crippen LogP) is 3.95. The molecule has 1 atom stereocenters. The van der Waals surface area contributed by atoms with Gasteiger partial charge in [0.1, 0.15) is 0 Å². The molecule has 0 fully saturated rings. The van der Waals surface area contributed by atoms with E-state index in [1.807, 2.05) is 38.1 Å². The second-order valence-corrected chi connectivity index (χ2v) is 5.92. The number of amides is 1. The molecule has 0 radical (unpaired) electrons. The van der Waals surface area contributed by atoms with E-state index in [1.165, 1.54) is 0 Å². The van der Waals surface area contributed by atoms with Crippen LogP contribution in [-0.4, -0.2) is 16.9 Å². The van der Waals surface area contributed by atoms with E-state index in [-0.39, 0.29) is 11.9 Å². The van der Waals surface area contributed by atoms with E-state index in [1.54, 1.807) is 6.20 Å². The van der Waals surface area contributed by atoms with Crippen molar-refractivity contribution in [2.24, 2.45) is 0 Å². The van der Waals surface area contributed by atoms with Crippen LogP contribution in [0.25, 0.3) is 11.3 Å². The molecule has 1 aromatic heterocycles. The smallest absolute Gasteiger partial charge is 0.220 e. The van der Waals surface area contributed by atoms with Gasteiger partial charge in [-0.25, -0.2) is 4.98 Å². The number of aromatic nitrogens is 1. The topological polar surface area (TPSA) is 55.1 Å². The molecule has 1 N–H and O–H groups in total. The van der Waals surface area contributed by atoms with Crippen molar-refractivity contribution in [1.82, 2.24) is 10.3 Å². The molecule has 0 saturated carbocycles. The highest BCUT2D eigenvalue weighted by molar-refractivity contribution is 9.10. The molecule has 4 nitrogen and oxygen atoms in total. The van der Waals surface area contributed by atoms with E-state index in [9.17, 15) is 4.79 Å². The van der Waals surface area contributed by atoms with Crippen LogP contribution in [0.4, 0.5) is 0 Å². The second kappa shape index (κ2) is 7.41. The minimum Gasteiger partial charge on any atom is -0.441 e. The third kappa shape index (κ3) is 4.70. The van der Waals surface area contributed by atoms with Crippen LogP contribution >= 0.6 is 15.9 Å². The minimum atomic E-state index is 0.0338. The average Bonchev–Trinajstić information content (AvgIpc) is 2.94. The lowest BCUT2D eigenvalue weighted by Crippen LogP contribution is -2.32. The van der Waals surface area contributed by atoms with E-state index in [2.05, 4.69) is 26.2 Å². The van der Waals surface area contributed by atoms with Crippen molar-refractivity contribution in [2.45, 2.75) is 39.2 Å². The number of nitrogens with one attached hydrogen (secondary N) is 1. The van der Waals surface area contributed by atoms with Gasteiger partial charge in [0.2, 0.25) is 5.91 Å². The number of carbonyl (C=O) groups excluding carboxylic acids is 1. The lowest BCUT2D eigenvalue weighted by Gasteiger charge is -2.10. The maximum atomic E-state index is 11.7. The molecule has 5 heteroatoms. The van der Waals surface area contributed by atoms with Crippen LogP contribution in [-0.2, 0) is 11.2 Å². The van der Waals surface area contributed by atoms with Gasteiger partial charge in [-0.3, -0.25) is 4.79 Å². The quantitative estimate of drug-likeness (QED) is 0.857. The Morgan fingerprint density at radius 3 is 3.00 bits per heavy atom. The highest BCUT2D eigenvalue weighted by Gasteiger charge is 2.10. The van der Waals surface area contributed by atoms with Crippen LogP contribution < -0.4 is 5.32 Å². The standard InChI is InChI=1S/C16H19BrN2O2/c1-3-11(2)19-15(20)7-8-16-18-10-14(21-16)12-5-4-6-13(17)9-12/h4-6,9-11H,3,7-8H2,1-2H3,(H,19,20)/t11-/m1/s1. The van der Waals surface area contributed by atoms with E-state index < -0.39 is 0 Å². The minimum absolute atomic E-state index is 0.0338. The normalized spacial score (nSPS) is 12.1. The molecule has 0 saturated heterocycles. The summed E-state index contributed by atoms with van der Waals surface area (Å²) >= 11 is 3.43. The summed E-state index contributed by atoms with van der Waals surface area (Å²) in [5.41, 5.74) is 0.965. The first kappa shape index (κ1) is 15.8. The lowest BCUT2D eigenvalue weighted by atomic mass is 10.2. The Morgan fingerprint density at radius 1 is 1.48 bits per heavy atom. The molecule has 2 rings (SSSR count). The van der Waals surface area contributed by atoms with Crippen molar-refractivity contribution in [2.75, 3.05) is 0 Å². The van der Waals surface area contributed by atoms with Gasteiger partial charge in [0.25, 0.3) is 0 Å². The third-order valence-electron chi connectivity index (χ3n) is 3.25. The molecule has 0 aliphatic rings. The van der Waals surface area contributed by atoms with Gasteiger partial charge in [0, 0.05) is 28.9 Å². The number of oxazole rings is 1. The van der Waals surface area contributed by atoms with Crippen molar-refractivity contribution < 1.29 is 9.21 Å². The zero-order chi connectivity index (χ0) is 15.2. The van der Waals surface area contributed by atoms with Gasteiger partial charge in [-0.15, -0.1) is 0 Å². The molecule has 2 aromatic rings. The van der Waals surface area contributed by atoms with Gasteiger partial charge in [0.15, 0.2) is 11.7 Å². The van der Waals surface area contributed by atoms with E-state index in [0.717, 1.165) is 16.5 Å². The molecule has 21 heavy (non-hydrogen) atoms. The Hall–Kier alpha value is -1.62. The first-order valence-corrected chi connectivity index (χ1v) is 7.87. The Balaban J connectivity index is 1.93. The summed E-state index contributed by atoms with van der Waals surface area (Å²) in [5.74, 6) is 1.34. The van der Waals surface area contributed by atoms with Gasteiger partial charge in [-0.1, -0.05) is 35.0 Å². The Kier molecular flexibility index (Phi) is 5.56. The monoisotopic (exact) mass is 350 g/mol. The van der Waals surface area contributed by atoms with Gasteiger partial charge < -0.3 is 9.73 Å². The van der Waals surface area contributed by atoms with Crippen LogP contribution in [0, 0.1) is 0 Å². The van der Waals surface area contributed by atoms with Crippen molar-refractivity contribution in [1.29, 1.82) is 0 Å². The molecule has 0 bridgehead atoms. The Morgan fingerprint density at radius 2 is 2.29 bits per heavy atom. The third-order valence-corrected chi connectivity index (χ3v) is 3.74. The largest absolute Gasteiger partial charge is 0.441 e. The summed E-state index contributed by atoms with van der Waals surface area (Å²) < 4.78 is 6.69. The number of aryl methyl sites for hydroxylation is 1. The summed E-state index contributed by atoms with van der Waals surface area (Å²) in [5, 5.41) is 2.93. The van der Waals surface area contributed by atoms with Crippen LogP contribution in [0.3, 0.4) is 0 Å². The average molecular weight is 351 g/mol. The number of nitrogens with zero attached hydrogens (tertiary/aromatic N) is 1. The second-order valence-electron chi connectivity index (χ2n) is 5.01. The number of halogens is 1. The number of benzene rings is 1. The number of hydrogen-bond acceptors (Lipinski definition) is 3. The van der Waals surface area contributed by atoms with E-state index in [4.69, 9.17) is 4.42 Å². The van der Waals surface area contributed by atoms with Crippen molar-refractivity contribution in [3.63, 3.8) is 0 Å². The molecule has 1 amide bonds. The number of carbonyl (C=O) groups is 1. The molecule has 1 heterocycles. The first-order chi connectivity index (χ1) is 10.1. The van der Waals surface area contributed by atoms with Crippen LogP contribution in [0.1, 0.15) is 32.6 Å². The first-order valence-electron chi connectivity index (χ1n) is 7.08. The van der Waals surface area contributed by atoms with Gasteiger partial charge >= 0.3 is 0 Å². The molecule has 0 unspecified atom stereocenters. The maximum Gasteiger partial charge on any atom is 0.220 e. The number of hydrogen-bond donors (Lipinski definition) is 1. The zero-order valence-electron chi connectivity index (χ0n) is 12.2. The van der Waals surface area contributed by atoms with Crippen LogP contribution in [0.15, 0.2) is 39.4 Å². The summed E-state index contributed by atoms with van der Waals surface area (Å²) in [6.45, 7) is 4.04. The SMILES string of the molecule is CC[C@@H](C)NC(=O)CCc1ncc(-c2cccc(Br)c2)o1. The molecular formula is C16H19BrN2O2. The van der Waals surface area contributed by atoms with Crippen molar-refractivity contribution in [3.8, 4) is 11.3 Å². The fourth-order valence-corrected chi connectivity index (χ4v) is 2.27. The molecule has 1 aromatic carbocycles. The van der Waals surface area contributed by atoms with Crippen molar-refractivity contribution in [3.05, 3.63) is 40.8 Å². The van der Waals surface area contributed by atoms with E-state index in [0.29, 0.717) is 24.5 Å². The maximum absolute atomic E-state index is 11.7. The number of rotatable bonds is 6. The fourth-order valence-electron chi connectivity index (χ4n) is 1.87. The highest BCUT2D eigenvalue weighted by Crippen LogP contribution is 2.23. The van der Waals surface area contributed by atoms with Gasteiger partial charge in [-0.05, 0) is 25.5 Å². The van der Waals surface area contributed by atoms with Crippen molar-refractivity contribution >= 4 is 21.8 Å². The summed E-state index contributed by atoms with van der Waals surface area (Å²) in [4.78, 5) is 16.0. The Bertz CT molecular complexity index is 610. The predicted molar refractivity (Wildman–Crippen MR) is 85.9 cm³/mol. The van der Waals surface area contributed by atoms with Gasteiger partial charge in [0.05, 0.1) is 6.20 Å². The Labute approximate surface area is 133 Å². The molecule has 112 valence electrons. The molecule has 0 spiro atoms. The summed E-state index contributed by atoms with van der Waals surface area (Å²) in [7, 11) is 0. The van der Waals surface area contributed by atoms with Crippen LogP contribution in [0.2, 0.25) is 0 Å². The molecule has 0 aliphatic carbocycles. The van der Waals surface area contributed by atoms with Gasteiger partial charge in [-0.2, -0.15) is 0 Å². The zero-order valence-corrected chi connectivity index (χ0v) is 13.8. The van der Waals surface area contributed by atoms with Crippen LogP contribution in [0.5, 0.6) is 0 Å². The van der Waals surface area contributed by atoms with E-state index >= 15 is 0 Å². The highest BCUT2D eigenvalue weighted by atomic mass is 79.9. The fraction of sp³-hybridized carbons (Fsp3) is 0.375. The summed E-state index contributed by atoms with van der Waals surface area (Å²) in [6, 6.07) is 8.05. The molecular weight excluding hydrogens is 332 g/mol.